The van der Waals surface area contributed by atoms with Crippen LogP contribution in [-0.4, -0.2) is 47.0 Å². The van der Waals surface area contributed by atoms with Gasteiger partial charge in [0.1, 0.15) is 0 Å². The molecule has 68 valence electrons. The summed E-state index contributed by atoms with van der Waals surface area (Å²) in [5.41, 5.74) is -0.677. The molecule has 3 heteroatoms. The van der Waals surface area contributed by atoms with Crippen LogP contribution < -0.4 is 0 Å². The molecule has 0 aliphatic rings. The first-order valence-corrected chi connectivity index (χ1v) is 3.90. The van der Waals surface area contributed by atoms with Crippen LogP contribution in [0.2, 0.25) is 0 Å². The minimum Gasteiger partial charge on any atom is -0.392 e. The molecule has 0 spiro atoms. The van der Waals surface area contributed by atoms with Crippen molar-refractivity contribution in [2.24, 2.45) is 0 Å². The second-order valence-electron chi connectivity index (χ2n) is 3.86. The highest BCUT2D eigenvalue weighted by molar-refractivity contribution is 4.70. The van der Waals surface area contributed by atoms with Crippen LogP contribution in [0.5, 0.6) is 0 Å². The molecule has 0 fully saturated rings. The Labute approximate surface area is 68.6 Å². The van der Waals surface area contributed by atoms with Gasteiger partial charge in [-0.1, -0.05) is 0 Å². The molecule has 0 aliphatic carbocycles. The predicted molar refractivity (Wildman–Crippen MR) is 45.5 cm³/mol. The van der Waals surface area contributed by atoms with Crippen molar-refractivity contribution < 1.29 is 10.2 Å². The molecule has 0 radical (unpaired) electrons. The quantitative estimate of drug-likeness (QED) is 0.613. The van der Waals surface area contributed by atoms with Gasteiger partial charge in [-0.3, -0.25) is 0 Å². The molecule has 0 saturated carbocycles. The Morgan fingerprint density at radius 3 is 2.18 bits per heavy atom. The molecular weight excluding hydrogens is 142 g/mol. The van der Waals surface area contributed by atoms with Gasteiger partial charge >= 0.3 is 0 Å². The van der Waals surface area contributed by atoms with E-state index in [1.165, 1.54) is 0 Å². The van der Waals surface area contributed by atoms with Crippen molar-refractivity contribution in [1.82, 2.24) is 4.90 Å². The van der Waals surface area contributed by atoms with E-state index in [1.54, 1.807) is 20.8 Å². The Kier molecular flexibility index (Phi) is 4.00. The van der Waals surface area contributed by atoms with Crippen LogP contribution in [0, 0.1) is 0 Å². The van der Waals surface area contributed by atoms with Crippen LogP contribution in [0.4, 0.5) is 0 Å². The molecule has 0 rings (SSSR count). The average molecular weight is 161 g/mol. The van der Waals surface area contributed by atoms with Gasteiger partial charge in [-0.15, -0.1) is 0 Å². The smallest absolute Gasteiger partial charge is 0.0718 e. The third-order valence-corrected chi connectivity index (χ3v) is 1.23. The van der Waals surface area contributed by atoms with Gasteiger partial charge in [0, 0.05) is 13.1 Å². The molecule has 3 nitrogen and oxygen atoms in total. The summed E-state index contributed by atoms with van der Waals surface area (Å²) >= 11 is 0. The Hall–Kier alpha value is -0.120. The first-order chi connectivity index (χ1) is 4.81. The zero-order valence-electron chi connectivity index (χ0n) is 7.83. The van der Waals surface area contributed by atoms with Gasteiger partial charge in [0.05, 0.1) is 11.7 Å². The van der Waals surface area contributed by atoms with E-state index in [9.17, 15) is 5.11 Å². The molecule has 0 saturated heterocycles. The fourth-order valence-corrected chi connectivity index (χ4v) is 1.18. The van der Waals surface area contributed by atoms with E-state index in [0.717, 1.165) is 0 Å². The molecule has 0 amide bonds. The first kappa shape index (κ1) is 10.9. The van der Waals surface area contributed by atoms with E-state index in [0.29, 0.717) is 13.1 Å². The third kappa shape index (κ3) is 7.78. The van der Waals surface area contributed by atoms with E-state index < -0.39 is 5.60 Å². The summed E-state index contributed by atoms with van der Waals surface area (Å²) in [5, 5.41) is 18.4. The zero-order valence-corrected chi connectivity index (χ0v) is 7.83. The number of hydrogen-bond donors (Lipinski definition) is 2. The standard InChI is InChI=1S/C8H19NO2/c1-7(10)5-9(4)6-8(2,3)11/h7,10-11H,5-6H2,1-4H3/t7-/m0/s1. The van der Waals surface area contributed by atoms with Crippen molar-refractivity contribution in [2.45, 2.75) is 32.5 Å². The van der Waals surface area contributed by atoms with E-state index in [4.69, 9.17) is 5.11 Å². The monoisotopic (exact) mass is 161 g/mol. The molecule has 0 aliphatic heterocycles. The first-order valence-electron chi connectivity index (χ1n) is 3.90. The molecule has 0 aromatic carbocycles. The van der Waals surface area contributed by atoms with Crippen LogP contribution in [-0.2, 0) is 0 Å². The van der Waals surface area contributed by atoms with E-state index in [1.807, 2.05) is 11.9 Å². The number of nitrogens with zero attached hydrogens (tertiary/aromatic N) is 1. The SMILES string of the molecule is C[C@H](O)CN(C)CC(C)(C)O. The van der Waals surface area contributed by atoms with Crippen molar-refractivity contribution >= 4 is 0 Å². The number of rotatable bonds is 4. The minimum absolute atomic E-state index is 0.331. The van der Waals surface area contributed by atoms with Gasteiger partial charge < -0.3 is 15.1 Å². The van der Waals surface area contributed by atoms with E-state index >= 15 is 0 Å². The summed E-state index contributed by atoms with van der Waals surface area (Å²) in [6.07, 6.45) is -0.331. The molecule has 0 heterocycles. The maximum absolute atomic E-state index is 9.38. The summed E-state index contributed by atoms with van der Waals surface area (Å²) in [5.74, 6) is 0. The fourth-order valence-electron chi connectivity index (χ4n) is 1.18. The zero-order chi connectivity index (χ0) is 9.07. The summed E-state index contributed by atoms with van der Waals surface area (Å²) in [4.78, 5) is 1.91. The lowest BCUT2D eigenvalue weighted by Crippen LogP contribution is -2.39. The Morgan fingerprint density at radius 2 is 1.91 bits per heavy atom. The minimum atomic E-state index is -0.677. The molecule has 0 aromatic rings. The molecule has 2 N–H and O–H groups in total. The molecular formula is C8H19NO2. The molecule has 11 heavy (non-hydrogen) atoms. The van der Waals surface area contributed by atoms with Crippen LogP contribution in [0.25, 0.3) is 0 Å². The summed E-state index contributed by atoms with van der Waals surface area (Å²) in [7, 11) is 1.88. The van der Waals surface area contributed by atoms with Gasteiger partial charge in [-0.2, -0.15) is 0 Å². The fraction of sp³-hybridized carbons (Fsp3) is 1.00. The summed E-state index contributed by atoms with van der Waals surface area (Å²) < 4.78 is 0. The number of aliphatic hydroxyl groups excluding tert-OH is 1. The van der Waals surface area contributed by atoms with Crippen molar-refractivity contribution in [3.8, 4) is 0 Å². The largest absolute Gasteiger partial charge is 0.392 e. The van der Waals surface area contributed by atoms with Crippen LogP contribution >= 0.6 is 0 Å². The topological polar surface area (TPSA) is 43.7 Å². The van der Waals surface area contributed by atoms with Gasteiger partial charge in [-0.25, -0.2) is 0 Å². The number of likely N-dealkylation sites (N-methyl/N-ethyl adjacent to an activating group) is 1. The second kappa shape index (κ2) is 4.04. The summed E-state index contributed by atoms with van der Waals surface area (Å²) in [6.45, 7) is 6.43. The van der Waals surface area contributed by atoms with Crippen molar-refractivity contribution in [3.05, 3.63) is 0 Å². The van der Waals surface area contributed by atoms with Crippen molar-refractivity contribution in [1.29, 1.82) is 0 Å². The maximum Gasteiger partial charge on any atom is 0.0718 e. The molecule has 0 bridgehead atoms. The van der Waals surface area contributed by atoms with Crippen molar-refractivity contribution in [3.63, 3.8) is 0 Å². The lowest BCUT2D eigenvalue weighted by molar-refractivity contribution is 0.0313. The highest BCUT2D eigenvalue weighted by Gasteiger charge is 2.15. The van der Waals surface area contributed by atoms with Gasteiger partial charge in [-0.05, 0) is 27.8 Å². The highest BCUT2D eigenvalue weighted by Crippen LogP contribution is 2.02. The molecule has 1 atom stereocenters. The van der Waals surface area contributed by atoms with Crippen LogP contribution in [0.15, 0.2) is 0 Å². The maximum atomic E-state index is 9.38. The number of hydrogen-bond acceptors (Lipinski definition) is 3. The Bertz CT molecular complexity index is 107. The average Bonchev–Trinajstić information content (AvgIpc) is 1.53. The number of aliphatic hydroxyl groups is 2. The van der Waals surface area contributed by atoms with Gasteiger partial charge in [0.2, 0.25) is 0 Å². The lowest BCUT2D eigenvalue weighted by Gasteiger charge is -2.26. The second-order valence-corrected chi connectivity index (χ2v) is 3.86. The Morgan fingerprint density at radius 1 is 1.45 bits per heavy atom. The van der Waals surface area contributed by atoms with Crippen molar-refractivity contribution in [2.75, 3.05) is 20.1 Å². The Balaban J connectivity index is 3.61. The van der Waals surface area contributed by atoms with E-state index in [-0.39, 0.29) is 6.10 Å². The van der Waals surface area contributed by atoms with Crippen LogP contribution in [0.3, 0.4) is 0 Å². The van der Waals surface area contributed by atoms with Gasteiger partial charge in [0.25, 0.3) is 0 Å². The van der Waals surface area contributed by atoms with Gasteiger partial charge in [0.15, 0.2) is 0 Å². The molecule has 0 unspecified atom stereocenters. The van der Waals surface area contributed by atoms with E-state index in [2.05, 4.69) is 0 Å². The lowest BCUT2D eigenvalue weighted by atomic mass is 10.1. The normalized spacial score (nSPS) is 15.5. The highest BCUT2D eigenvalue weighted by atomic mass is 16.3. The predicted octanol–water partition coefficient (Wildman–Crippen LogP) is 0.0699. The molecule has 0 aromatic heterocycles. The third-order valence-electron chi connectivity index (χ3n) is 1.23. The van der Waals surface area contributed by atoms with Crippen LogP contribution in [0.1, 0.15) is 20.8 Å². The summed E-state index contributed by atoms with van der Waals surface area (Å²) in [6, 6.07) is 0.